The molecule has 0 aliphatic carbocycles. The number of hydrogen-bond donors (Lipinski definition) is 0. The number of thiazole rings is 1. The molecule has 5 nitrogen and oxygen atoms in total. The van der Waals surface area contributed by atoms with Gasteiger partial charge in [0.15, 0.2) is 0 Å². The highest BCUT2D eigenvalue weighted by Crippen LogP contribution is 2.40. The lowest BCUT2D eigenvalue weighted by molar-refractivity contribution is -0.136. The molecule has 0 unspecified atom stereocenters. The summed E-state index contributed by atoms with van der Waals surface area (Å²) in [7, 11) is 0. The Morgan fingerprint density at radius 2 is 2.29 bits per heavy atom. The van der Waals surface area contributed by atoms with Gasteiger partial charge in [-0.3, -0.25) is 9.69 Å². The average molecular weight is 309 g/mol. The minimum absolute atomic E-state index is 0.130. The molecule has 0 bridgehead atoms. The number of carbonyl (C=O) groups is 1. The van der Waals surface area contributed by atoms with Crippen LogP contribution in [0.4, 0.5) is 0 Å². The van der Waals surface area contributed by atoms with Crippen LogP contribution in [0, 0.1) is 6.92 Å². The van der Waals surface area contributed by atoms with Crippen LogP contribution in [-0.2, 0) is 16.1 Å². The number of amides is 1. The molecule has 1 atom stereocenters. The first kappa shape index (κ1) is 14.9. The highest BCUT2D eigenvalue weighted by atomic mass is 32.1. The molecule has 1 amide bonds. The minimum Gasteiger partial charge on any atom is -0.372 e. The van der Waals surface area contributed by atoms with Crippen molar-refractivity contribution in [2.24, 2.45) is 0 Å². The van der Waals surface area contributed by atoms with Gasteiger partial charge < -0.3 is 9.64 Å². The Morgan fingerprint density at radius 3 is 2.90 bits per heavy atom. The van der Waals surface area contributed by atoms with Crippen molar-refractivity contribution in [3.63, 3.8) is 0 Å². The normalized spacial score (nSPS) is 25.5. The Balaban J connectivity index is 1.57. The van der Waals surface area contributed by atoms with Crippen LogP contribution < -0.4 is 0 Å². The molecular weight excluding hydrogens is 286 g/mol. The highest BCUT2D eigenvalue weighted by molar-refractivity contribution is 7.09. The van der Waals surface area contributed by atoms with E-state index in [0.29, 0.717) is 6.61 Å². The monoisotopic (exact) mass is 309 g/mol. The first-order valence-corrected chi connectivity index (χ1v) is 8.52. The zero-order valence-electron chi connectivity index (χ0n) is 12.8. The van der Waals surface area contributed by atoms with Crippen LogP contribution in [0.15, 0.2) is 5.38 Å². The third-order valence-corrected chi connectivity index (χ3v) is 5.47. The maximum atomic E-state index is 12.1. The second-order valence-corrected chi connectivity index (χ2v) is 7.02. The van der Waals surface area contributed by atoms with E-state index in [1.54, 1.807) is 11.3 Å². The maximum absolute atomic E-state index is 12.1. The Kier molecular flexibility index (Phi) is 4.28. The summed E-state index contributed by atoms with van der Waals surface area (Å²) in [6.07, 6.45) is 2.27. The third-order valence-electron chi connectivity index (χ3n) is 4.65. The molecule has 1 spiro atoms. The molecule has 116 valence electrons. The number of rotatable bonds is 5. The summed E-state index contributed by atoms with van der Waals surface area (Å²) >= 11 is 1.71. The standard InChI is InChI=1S/C15H23N3O2S/c1-3-20-9-14(19)17-6-4-15(11-17)5-7-18(15)8-13-10-21-12(2)16-13/h10H,3-9,11H2,1-2H3/t15-/m1/s1. The van der Waals surface area contributed by atoms with Crippen LogP contribution in [0.2, 0.25) is 0 Å². The highest BCUT2D eigenvalue weighted by Gasteiger charge is 2.50. The van der Waals surface area contributed by atoms with Crippen molar-refractivity contribution in [2.75, 3.05) is 32.8 Å². The van der Waals surface area contributed by atoms with Crippen molar-refractivity contribution in [2.45, 2.75) is 38.8 Å². The van der Waals surface area contributed by atoms with Crippen molar-refractivity contribution >= 4 is 17.2 Å². The van der Waals surface area contributed by atoms with Gasteiger partial charge in [0.25, 0.3) is 0 Å². The van der Waals surface area contributed by atoms with Gasteiger partial charge in [-0.25, -0.2) is 4.98 Å². The SMILES string of the molecule is CCOCC(=O)N1CC[C@@]2(CCN2Cc2csc(C)n2)C1. The molecule has 2 saturated heterocycles. The molecule has 21 heavy (non-hydrogen) atoms. The van der Waals surface area contributed by atoms with E-state index in [9.17, 15) is 4.79 Å². The van der Waals surface area contributed by atoms with Crippen molar-refractivity contribution in [1.29, 1.82) is 0 Å². The number of ether oxygens (including phenoxy) is 1. The van der Waals surface area contributed by atoms with Crippen molar-refractivity contribution in [1.82, 2.24) is 14.8 Å². The predicted octanol–water partition coefficient (Wildman–Crippen LogP) is 1.66. The molecule has 2 aliphatic heterocycles. The van der Waals surface area contributed by atoms with Gasteiger partial charge in [-0.15, -0.1) is 11.3 Å². The summed E-state index contributed by atoms with van der Waals surface area (Å²) in [5.74, 6) is 0.130. The number of nitrogens with zero attached hydrogens (tertiary/aromatic N) is 3. The van der Waals surface area contributed by atoms with Crippen molar-refractivity contribution in [3.05, 3.63) is 16.1 Å². The molecule has 0 N–H and O–H groups in total. The third kappa shape index (κ3) is 2.98. The van der Waals surface area contributed by atoms with E-state index in [4.69, 9.17) is 4.74 Å². The van der Waals surface area contributed by atoms with Gasteiger partial charge in [0, 0.05) is 43.7 Å². The van der Waals surface area contributed by atoms with Gasteiger partial charge in [0.2, 0.25) is 5.91 Å². The zero-order valence-corrected chi connectivity index (χ0v) is 13.6. The molecule has 3 rings (SSSR count). The van der Waals surface area contributed by atoms with E-state index in [1.807, 2.05) is 18.7 Å². The topological polar surface area (TPSA) is 45.7 Å². The fourth-order valence-corrected chi connectivity index (χ4v) is 3.93. The fourth-order valence-electron chi connectivity index (χ4n) is 3.32. The van der Waals surface area contributed by atoms with Crippen LogP contribution >= 0.6 is 11.3 Å². The molecule has 0 radical (unpaired) electrons. The van der Waals surface area contributed by atoms with Gasteiger partial charge in [-0.05, 0) is 26.7 Å². The van der Waals surface area contributed by atoms with Crippen molar-refractivity contribution < 1.29 is 9.53 Å². The fraction of sp³-hybridized carbons (Fsp3) is 0.733. The van der Waals surface area contributed by atoms with Crippen LogP contribution in [0.25, 0.3) is 0 Å². The van der Waals surface area contributed by atoms with Crippen LogP contribution in [-0.4, -0.2) is 59.1 Å². The summed E-state index contributed by atoms with van der Waals surface area (Å²) in [4.78, 5) is 21.1. The van der Waals surface area contributed by atoms with Crippen molar-refractivity contribution in [3.8, 4) is 0 Å². The van der Waals surface area contributed by atoms with Gasteiger partial charge in [0.1, 0.15) is 6.61 Å². The molecule has 2 aliphatic rings. The maximum Gasteiger partial charge on any atom is 0.248 e. The van der Waals surface area contributed by atoms with Gasteiger partial charge in [0.05, 0.1) is 10.7 Å². The lowest BCUT2D eigenvalue weighted by Crippen LogP contribution is -2.60. The molecular formula is C15H23N3O2S. The molecule has 2 fully saturated rings. The molecule has 3 heterocycles. The van der Waals surface area contributed by atoms with E-state index >= 15 is 0 Å². The number of hydrogen-bond acceptors (Lipinski definition) is 5. The zero-order chi connectivity index (χ0) is 14.9. The summed E-state index contributed by atoms with van der Waals surface area (Å²) < 4.78 is 5.24. The Hall–Kier alpha value is -0.980. The smallest absolute Gasteiger partial charge is 0.248 e. The lowest BCUT2D eigenvalue weighted by Gasteiger charge is -2.50. The molecule has 6 heteroatoms. The van der Waals surface area contributed by atoms with E-state index in [1.165, 1.54) is 6.42 Å². The number of aromatic nitrogens is 1. The summed E-state index contributed by atoms with van der Waals surface area (Å²) in [6.45, 7) is 8.52. The van der Waals surface area contributed by atoms with Crippen LogP contribution in [0.1, 0.15) is 30.5 Å². The molecule has 0 aromatic carbocycles. The second kappa shape index (κ2) is 6.02. The van der Waals surface area contributed by atoms with Crippen LogP contribution in [0.5, 0.6) is 0 Å². The number of carbonyl (C=O) groups excluding carboxylic acids is 1. The first-order chi connectivity index (χ1) is 10.1. The lowest BCUT2D eigenvalue weighted by atomic mass is 9.83. The average Bonchev–Trinajstić information content (AvgIpc) is 3.09. The largest absolute Gasteiger partial charge is 0.372 e. The quantitative estimate of drug-likeness (QED) is 0.830. The van der Waals surface area contributed by atoms with Gasteiger partial charge in [-0.2, -0.15) is 0 Å². The van der Waals surface area contributed by atoms with E-state index in [2.05, 4.69) is 15.3 Å². The number of aryl methyl sites for hydroxylation is 1. The summed E-state index contributed by atoms with van der Waals surface area (Å²) in [5, 5.41) is 3.27. The van der Waals surface area contributed by atoms with Gasteiger partial charge >= 0.3 is 0 Å². The van der Waals surface area contributed by atoms with Crippen LogP contribution in [0.3, 0.4) is 0 Å². The van der Waals surface area contributed by atoms with Gasteiger partial charge in [-0.1, -0.05) is 0 Å². The molecule has 0 saturated carbocycles. The summed E-state index contributed by atoms with van der Waals surface area (Å²) in [6, 6.07) is 0. The Labute approximate surface area is 129 Å². The molecule has 1 aromatic rings. The number of likely N-dealkylation sites (tertiary alicyclic amines) is 2. The first-order valence-electron chi connectivity index (χ1n) is 7.64. The second-order valence-electron chi connectivity index (χ2n) is 5.96. The molecule has 1 aromatic heterocycles. The van der Waals surface area contributed by atoms with E-state index in [0.717, 1.165) is 43.3 Å². The summed E-state index contributed by atoms with van der Waals surface area (Å²) in [5.41, 5.74) is 1.36. The Bertz CT molecular complexity index is 519. The van der Waals surface area contributed by atoms with E-state index < -0.39 is 0 Å². The Morgan fingerprint density at radius 1 is 1.48 bits per heavy atom. The minimum atomic E-state index is 0.130. The van der Waals surface area contributed by atoms with E-state index in [-0.39, 0.29) is 18.1 Å². The predicted molar refractivity (Wildman–Crippen MR) is 82.3 cm³/mol.